The molecule has 496 valence electrons. The van der Waals surface area contributed by atoms with Crippen molar-refractivity contribution in [2.45, 2.75) is 331 Å². The van der Waals surface area contributed by atoms with Crippen LogP contribution >= 0.6 is 0 Å². The maximum absolute atomic E-state index is 2.33. The summed E-state index contributed by atoms with van der Waals surface area (Å²) in [7, 11) is 0. The normalized spacial score (nSPS) is 11.9. The highest BCUT2D eigenvalue weighted by molar-refractivity contribution is 5.90. The summed E-state index contributed by atoms with van der Waals surface area (Å²) in [4.78, 5) is 0. The van der Waals surface area contributed by atoms with Gasteiger partial charge in [0.05, 0.1) is 0 Å². The van der Waals surface area contributed by atoms with Gasteiger partial charge in [-0.15, -0.1) is 0 Å². The summed E-state index contributed by atoms with van der Waals surface area (Å²) in [5, 5.41) is 5.49. The van der Waals surface area contributed by atoms with Crippen LogP contribution in [0.2, 0.25) is 0 Å². The standard InChI is InChI=1S/2C18H24.3C14H22.5C2H6/c1-17(2,3)15-11-7-10-14-13(15)9-8-12-16(14)18(4,5)6;1-17(2,3)15-9-7-14-12-16(18(4,5)6)10-8-13(14)11-15;1-13(2,3)11-7-9-12(10-8-11)14(4,5)6;1-13(2,3)11-8-7-9-12(10-11)14(4,5)6;1-13(2,3)11-9-7-8-10-12(11)14(4,5)6;5*1-2/h2*7-12H,1-6H3;3*7-10H,1-6H3;5*1-2H3. The quantitative estimate of drug-likeness (QED) is 0.142. The van der Waals surface area contributed by atoms with Gasteiger partial charge in [-0.1, -0.05) is 423 Å². The van der Waals surface area contributed by atoms with Gasteiger partial charge < -0.3 is 0 Å². The zero-order valence-electron chi connectivity index (χ0n) is 65.9. The summed E-state index contributed by atoms with van der Waals surface area (Å²) < 4.78 is 0. The molecule has 0 aliphatic heterocycles. The molecule has 7 aromatic rings. The Morgan fingerprint density at radius 3 is 0.568 bits per heavy atom. The van der Waals surface area contributed by atoms with E-state index in [0.717, 1.165) is 0 Å². The fourth-order valence-electron chi connectivity index (χ4n) is 9.51. The Morgan fingerprint density at radius 2 is 0.352 bits per heavy atom. The van der Waals surface area contributed by atoms with E-state index in [1.165, 1.54) is 77.2 Å². The lowest BCUT2D eigenvalue weighted by atomic mass is 9.75. The highest BCUT2D eigenvalue weighted by atomic mass is 14.3. The lowest BCUT2D eigenvalue weighted by Gasteiger charge is -2.29. The van der Waals surface area contributed by atoms with E-state index in [9.17, 15) is 0 Å². The van der Waals surface area contributed by atoms with E-state index in [4.69, 9.17) is 0 Å². The first-order chi connectivity index (χ1) is 40.0. The third-order valence-corrected chi connectivity index (χ3v) is 14.9. The average Bonchev–Trinajstić information content (AvgIpc) is 1.49. The van der Waals surface area contributed by atoms with Crippen LogP contribution in [0.1, 0.15) is 333 Å². The summed E-state index contributed by atoms with van der Waals surface area (Å²) >= 11 is 0. The molecule has 0 nitrogen and oxygen atoms in total. The fourth-order valence-corrected chi connectivity index (χ4v) is 9.51. The largest absolute Gasteiger partial charge is 0.0683 e. The molecule has 0 fully saturated rings. The van der Waals surface area contributed by atoms with E-state index in [1.807, 2.05) is 69.2 Å². The van der Waals surface area contributed by atoms with Gasteiger partial charge in [0, 0.05) is 0 Å². The van der Waals surface area contributed by atoms with E-state index in [2.05, 4.69) is 353 Å². The maximum Gasteiger partial charge on any atom is -0.0126 e. The number of hydrogen-bond acceptors (Lipinski definition) is 0. The molecule has 7 aromatic carbocycles. The second kappa shape index (κ2) is 36.8. The van der Waals surface area contributed by atoms with E-state index in [1.54, 1.807) is 0 Å². The van der Waals surface area contributed by atoms with Crippen molar-refractivity contribution in [3.63, 3.8) is 0 Å². The highest BCUT2D eigenvalue weighted by Crippen LogP contribution is 2.37. The van der Waals surface area contributed by atoms with E-state index < -0.39 is 0 Å². The summed E-state index contributed by atoms with van der Waals surface area (Å²) in [6.45, 7) is 88.0. The van der Waals surface area contributed by atoms with Gasteiger partial charge in [-0.05, 0) is 131 Å². The molecular formula is C88H144. The Labute approximate surface area is 550 Å². The van der Waals surface area contributed by atoms with Gasteiger partial charge in [-0.25, -0.2) is 0 Å². The molecule has 7 rings (SSSR count). The molecule has 0 bridgehead atoms. The number of hydrogen-bond donors (Lipinski definition) is 0. The van der Waals surface area contributed by atoms with E-state index in [-0.39, 0.29) is 54.1 Å². The molecule has 0 heterocycles. The Balaban J connectivity index is -0.000000993. The fraction of sp³-hybridized carbons (Fsp3) is 0.568. The lowest BCUT2D eigenvalue weighted by molar-refractivity contribution is 0.530. The third-order valence-electron chi connectivity index (χ3n) is 14.9. The minimum absolute atomic E-state index is 0.190. The van der Waals surface area contributed by atoms with Gasteiger partial charge in [-0.2, -0.15) is 0 Å². The number of benzene rings is 7. The van der Waals surface area contributed by atoms with Crippen molar-refractivity contribution in [2.24, 2.45) is 0 Å². The molecular weight excluding hydrogens is 1060 g/mol. The zero-order chi connectivity index (χ0) is 70.1. The second-order valence-corrected chi connectivity index (χ2v) is 32.7. The van der Waals surface area contributed by atoms with Crippen molar-refractivity contribution in [3.8, 4) is 0 Å². The van der Waals surface area contributed by atoms with Gasteiger partial charge in [0.2, 0.25) is 0 Å². The minimum Gasteiger partial charge on any atom is -0.0683 e. The molecule has 0 spiro atoms. The van der Waals surface area contributed by atoms with Gasteiger partial charge in [0.25, 0.3) is 0 Å². The molecule has 0 saturated heterocycles. The smallest absolute Gasteiger partial charge is 0.0126 e. The summed E-state index contributed by atoms with van der Waals surface area (Å²) in [5.41, 5.74) is 16.6. The van der Waals surface area contributed by atoms with Crippen LogP contribution in [0, 0.1) is 0 Å². The molecule has 0 heteroatoms. The van der Waals surface area contributed by atoms with Crippen LogP contribution in [0.5, 0.6) is 0 Å². The monoisotopic (exact) mass is 1200 g/mol. The predicted octanol–water partition coefficient (Wildman–Crippen LogP) is 28.8. The Hall–Kier alpha value is -4.94. The molecule has 0 unspecified atom stereocenters. The van der Waals surface area contributed by atoms with Crippen molar-refractivity contribution in [3.05, 3.63) is 201 Å². The highest BCUT2D eigenvalue weighted by Gasteiger charge is 2.25. The van der Waals surface area contributed by atoms with E-state index >= 15 is 0 Å². The first-order valence-corrected chi connectivity index (χ1v) is 34.4. The van der Waals surface area contributed by atoms with Crippen LogP contribution in [0.3, 0.4) is 0 Å². The number of rotatable bonds is 0. The molecule has 0 saturated carbocycles. The average molecular weight is 1200 g/mol. The predicted molar refractivity (Wildman–Crippen MR) is 411 cm³/mol. The molecule has 0 N–H and O–H groups in total. The van der Waals surface area contributed by atoms with Crippen LogP contribution < -0.4 is 0 Å². The first kappa shape index (κ1) is 87.3. The van der Waals surface area contributed by atoms with E-state index in [0.29, 0.717) is 0 Å². The van der Waals surface area contributed by atoms with Crippen molar-refractivity contribution in [1.29, 1.82) is 0 Å². The number of fused-ring (bicyclic) bond motifs is 2. The van der Waals surface area contributed by atoms with Gasteiger partial charge in [-0.3, -0.25) is 0 Å². The second-order valence-electron chi connectivity index (χ2n) is 32.7. The van der Waals surface area contributed by atoms with Gasteiger partial charge >= 0.3 is 0 Å². The Kier molecular flexibility index (Phi) is 36.5. The first-order valence-electron chi connectivity index (χ1n) is 34.4. The molecule has 0 amide bonds. The Morgan fingerprint density at radius 1 is 0.159 bits per heavy atom. The lowest BCUT2D eigenvalue weighted by Crippen LogP contribution is -2.21. The van der Waals surface area contributed by atoms with Crippen molar-refractivity contribution in [1.82, 2.24) is 0 Å². The van der Waals surface area contributed by atoms with Crippen molar-refractivity contribution in [2.75, 3.05) is 0 Å². The molecule has 0 aromatic heterocycles. The van der Waals surface area contributed by atoms with Crippen molar-refractivity contribution >= 4 is 21.5 Å². The van der Waals surface area contributed by atoms with Gasteiger partial charge in [0.15, 0.2) is 0 Å². The molecule has 0 aliphatic carbocycles. The van der Waals surface area contributed by atoms with Crippen LogP contribution in [-0.4, -0.2) is 0 Å². The maximum atomic E-state index is 2.33. The van der Waals surface area contributed by atoms with Crippen LogP contribution in [0.4, 0.5) is 0 Å². The molecule has 0 radical (unpaired) electrons. The van der Waals surface area contributed by atoms with Crippen molar-refractivity contribution < 1.29 is 0 Å². The SMILES string of the molecule is CC.CC.CC.CC.CC.CC(C)(C)c1ccc(C(C)(C)C)cc1.CC(C)(C)c1ccc2cc(C(C)(C)C)ccc2c1.CC(C)(C)c1cccc(C(C)(C)C)c1.CC(C)(C)c1cccc2c(C(C)(C)C)cccc12.CC(C)(C)c1ccccc1C(C)(C)C. The summed E-state index contributed by atoms with van der Waals surface area (Å²) in [6, 6.07) is 53.8. The minimum atomic E-state index is 0.190. The topological polar surface area (TPSA) is 0 Å². The van der Waals surface area contributed by atoms with Crippen LogP contribution in [0.15, 0.2) is 146 Å². The Bertz CT molecular complexity index is 2780. The van der Waals surface area contributed by atoms with Crippen LogP contribution in [-0.2, 0) is 54.1 Å². The zero-order valence-corrected chi connectivity index (χ0v) is 65.9. The molecule has 0 atom stereocenters. The third kappa shape index (κ3) is 29.8. The van der Waals surface area contributed by atoms with Crippen LogP contribution in [0.25, 0.3) is 21.5 Å². The van der Waals surface area contributed by atoms with Gasteiger partial charge in [0.1, 0.15) is 0 Å². The molecule has 0 aliphatic rings. The summed E-state index contributed by atoms with van der Waals surface area (Å²) in [5.74, 6) is 0. The summed E-state index contributed by atoms with van der Waals surface area (Å²) in [6.07, 6.45) is 0. The molecule has 88 heavy (non-hydrogen) atoms.